The number of anilines is 1. The first-order valence-electron chi connectivity index (χ1n) is 13.3. The number of nitrogens with zero attached hydrogens (tertiary/aromatic N) is 3. The van der Waals surface area contributed by atoms with Gasteiger partial charge in [-0.15, -0.1) is 0 Å². The number of rotatable bonds is 5. The van der Waals surface area contributed by atoms with Crippen LogP contribution in [-0.2, 0) is 16.1 Å². The van der Waals surface area contributed by atoms with Crippen molar-refractivity contribution in [2.45, 2.75) is 96.4 Å². The third-order valence-electron chi connectivity index (χ3n) is 6.87. The van der Waals surface area contributed by atoms with Gasteiger partial charge in [-0.25, -0.2) is 14.6 Å². The molecule has 2 heterocycles. The summed E-state index contributed by atoms with van der Waals surface area (Å²) in [5.74, 6) is 0.605. The number of carbonyl (C=O) groups is 2. The zero-order valence-electron chi connectivity index (χ0n) is 21.8. The topological polar surface area (TPSA) is 72.0 Å². The van der Waals surface area contributed by atoms with E-state index in [9.17, 15) is 9.59 Å². The van der Waals surface area contributed by atoms with Gasteiger partial charge in [-0.3, -0.25) is 4.90 Å². The van der Waals surface area contributed by atoms with Crippen molar-refractivity contribution in [2.24, 2.45) is 0 Å². The number of likely N-dealkylation sites (tertiary alicyclic amines) is 1. The van der Waals surface area contributed by atoms with Crippen molar-refractivity contribution < 1.29 is 19.1 Å². The zero-order valence-corrected chi connectivity index (χ0v) is 21.8. The van der Waals surface area contributed by atoms with E-state index in [1.165, 1.54) is 6.42 Å². The molecule has 0 unspecified atom stereocenters. The van der Waals surface area contributed by atoms with Crippen LogP contribution in [0, 0.1) is 0 Å². The van der Waals surface area contributed by atoms with Crippen LogP contribution >= 0.6 is 0 Å². The Morgan fingerprint density at radius 1 is 0.972 bits per heavy atom. The van der Waals surface area contributed by atoms with Crippen molar-refractivity contribution in [3.63, 3.8) is 0 Å². The SMILES string of the molecule is CC(C)(C)OC(=O)N(c1ccc([C@@H]2CCCCN2C(=O)OCc2ccccc2)cn1)C1CCCCC1. The molecular formula is C29H39N3O4. The molecule has 2 aromatic rings. The van der Waals surface area contributed by atoms with Gasteiger partial charge < -0.3 is 14.4 Å². The summed E-state index contributed by atoms with van der Waals surface area (Å²) in [5, 5.41) is 0. The summed E-state index contributed by atoms with van der Waals surface area (Å²) in [6.45, 7) is 6.57. The molecular weight excluding hydrogens is 454 g/mol. The van der Waals surface area contributed by atoms with Gasteiger partial charge in [-0.1, -0.05) is 55.7 Å². The Morgan fingerprint density at radius 2 is 1.69 bits per heavy atom. The van der Waals surface area contributed by atoms with Crippen molar-refractivity contribution in [1.29, 1.82) is 0 Å². The highest BCUT2D eigenvalue weighted by Crippen LogP contribution is 2.33. The van der Waals surface area contributed by atoms with Crippen LogP contribution in [0.2, 0.25) is 0 Å². The largest absolute Gasteiger partial charge is 0.445 e. The van der Waals surface area contributed by atoms with Crippen LogP contribution in [0.4, 0.5) is 15.4 Å². The average Bonchev–Trinajstić information content (AvgIpc) is 2.88. The lowest BCUT2D eigenvalue weighted by Gasteiger charge is -2.36. The second-order valence-corrected chi connectivity index (χ2v) is 10.8. The van der Waals surface area contributed by atoms with Crippen LogP contribution in [0.25, 0.3) is 0 Å². The van der Waals surface area contributed by atoms with E-state index in [2.05, 4.69) is 0 Å². The average molecular weight is 494 g/mol. The Bertz CT molecular complexity index is 997. The summed E-state index contributed by atoms with van der Waals surface area (Å²) in [7, 11) is 0. The first-order chi connectivity index (χ1) is 17.3. The summed E-state index contributed by atoms with van der Waals surface area (Å²) < 4.78 is 11.4. The van der Waals surface area contributed by atoms with E-state index in [1.54, 1.807) is 4.90 Å². The van der Waals surface area contributed by atoms with E-state index in [0.717, 1.165) is 56.1 Å². The first kappa shape index (κ1) is 26.0. The predicted octanol–water partition coefficient (Wildman–Crippen LogP) is 7.02. The smallest absolute Gasteiger partial charge is 0.416 e. The predicted molar refractivity (Wildman–Crippen MR) is 140 cm³/mol. The maximum absolute atomic E-state index is 13.2. The van der Waals surface area contributed by atoms with E-state index in [-0.39, 0.29) is 30.9 Å². The highest BCUT2D eigenvalue weighted by molar-refractivity contribution is 5.87. The quantitative estimate of drug-likeness (QED) is 0.447. The molecule has 2 aliphatic rings. The molecule has 1 aromatic heterocycles. The van der Waals surface area contributed by atoms with Crippen molar-refractivity contribution in [1.82, 2.24) is 9.88 Å². The molecule has 1 saturated carbocycles. The summed E-state index contributed by atoms with van der Waals surface area (Å²) in [6.07, 6.45) is 9.32. The van der Waals surface area contributed by atoms with Gasteiger partial charge in [0.2, 0.25) is 0 Å². The fraction of sp³-hybridized carbons (Fsp3) is 0.552. The molecule has 0 bridgehead atoms. The third-order valence-corrected chi connectivity index (χ3v) is 6.87. The molecule has 36 heavy (non-hydrogen) atoms. The number of amides is 2. The fourth-order valence-electron chi connectivity index (χ4n) is 5.12. The number of carbonyl (C=O) groups excluding carboxylic acids is 2. The van der Waals surface area contributed by atoms with Gasteiger partial charge in [0.25, 0.3) is 0 Å². The Morgan fingerprint density at radius 3 is 2.36 bits per heavy atom. The van der Waals surface area contributed by atoms with Crippen molar-refractivity contribution in [3.8, 4) is 0 Å². The van der Waals surface area contributed by atoms with Crippen molar-refractivity contribution in [3.05, 3.63) is 59.8 Å². The number of piperidine rings is 1. The van der Waals surface area contributed by atoms with Crippen LogP contribution in [-0.4, -0.2) is 40.3 Å². The maximum atomic E-state index is 13.2. The fourth-order valence-corrected chi connectivity index (χ4v) is 5.12. The van der Waals surface area contributed by atoms with Gasteiger partial charge in [-0.05, 0) is 70.1 Å². The Hall–Kier alpha value is -3.09. The summed E-state index contributed by atoms with van der Waals surface area (Å²) in [4.78, 5) is 34.4. The molecule has 194 valence electrons. The van der Waals surface area contributed by atoms with Crippen LogP contribution in [0.5, 0.6) is 0 Å². The molecule has 1 aromatic carbocycles. The normalized spacial score (nSPS) is 19.0. The number of hydrogen-bond donors (Lipinski definition) is 0. The van der Waals surface area contributed by atoms with E-state index in [4.69, 9.17) is 14.5 Å². The Kier molecular flexibility index (Phi) is 8.49. The van der Waals surface area contributed by atoms with E-state index < -0.39 is 5.60 Å². The molecule has 1 saturated heterocycles. The highest BCUT2D eigenvalue weighted by Gasteiger charge is 2.33. The number of pyridine rings is 1. The number of benzene rings is 1. The highest BCUT2D eigenvalue weighted by atomic mass is 16.6. The molecule has 1 aliphatic carbocycles. The van der Waals surface area contributed by atoms with Gasteiger partial charge in [0.1, 0.15) is 18.0 Å². The Labute approximate surface area is 214 Å². The minimum Gasteiger partial charge on any atom is -0.445 e. The molecule has 0 radical (unpaired) electrons. The lowest BCUT2D eigenvalue weighted by molar-refractivity contribution is 0.0556. The van der Waals surface area contributed by atoms with Gasteiger partial charge >= 0.3 is 12.2 Å². The van der Waals surface area contributed by atoms with Crippen molar-refractivity contribution in [2.75, 3.05) is 11.4 Å². The number of aromatic nitrogens is 1. The molecule has 1 atom stereocenters. The second-order valence-electron chi connectivity index (χ2n) is 10.8. The molecule has 0 N–H and O–H groups in total. The molecule has 2 amide bonds. The minimum atomic E-state index is -0.577. The van der Waals surface area contributed by atoms with E-state index >= 15 is 0 Å². The molecule has 7 heteroatoms. The standard InChI is InChI=1S/C29H39N3O4/c1-29(2,3)36-28(34)32(24-14-8-5-9-15-24)26-18-17-23(20-30-26)25-16-10-11-19-31(25)27(33)35-21-22-12-6-4-7-13-22/h4,6-7,12-13,17-18,20,24-25H,5,8-11,14-16,19,21H2,1-3H3/t25-/m0/s1. The lowest BCUT2D eigenvalue weighted by Crippen LogP contribution is -2.45. The van der Waals surface area contributed by atoms with Crippen LogP contribution in [0.15, 0.2) is 48.7 Å². The van der Waals surface area contributed by atoms with Gasteiger partial charge in [-0.2, -0.15) is 0 Å². The minimum absolute atomic E-state index is 0.0890. The van der Waals surface area contributed by atoms with Crippen LogP contribution in [0.1, 0.15) is 89.3 Å². The second kappa shape index (κ2) is 11.8. The molecule has 2 fully saturated rings. The van der Waals surface area contributed by atoms with Gasteiger partial charge in [0.15, 0.2) is 0 Å². The third kappa shape index (κ3) is 6.77. The van der Waals surface area contributed by atoms with Crippen LogP contribution < -0.4 is 4.90 Å². The van der Waals surface area contributed by atoms with Gasteiger partial charge in [0, 0.05) is 18.8 Å². The summed E-state index contributed by atoms with van der Waals surface area (Å²) >= 11 is 0. The lowest BCUT2D eigenvalue weighted by atomic mass is 9.94. The van der Waals surface area contributed by atoms with E-state index in [1.807, 2.05) is 74.3 Å². The number of hydrogen-bond acceptors (Lipinski definition) is 5. The maximum Gasteiger partial charge on any atom is 0.416 e. The van der Waals surface area contributed by atoms with Gasteiger partial charge in [0.05, 0.1) is 6.04 Å². The van der Waals surface area contributed by atoms with Crippen LogP contribution in [0.3, 0.4) is 0 Å². The summed E-state index contributed by atoms with van der Waals surface area (Å²) in [5.41, 5.74) is 1.35. The monoisotopic (exact) mass is 493 g/mol. The van der Waals surface area contributed by atoms with E-state index in [0.29, 0.717) is 12.4 Å². The summed E-state index contributed by atoms with van der Waals surface area (Å²) in [6, 6.07) is 13.6. The Balaban J connectivity index is 1.49. The molecule has 7 nitrogen and oxygen atoms in total. The number of ether oxygens (including phenoxy) is 2. The molecule has 1 aliphatic heterocycles. The molecule has 0 spiro atoms. The zero-order chi connectivity index (χ0) is 25.5. The first-order valence-corrected chi connectivity index (χ1v) is 13.3. The van der Waals surface area contributed by atoms with Crippen molar-refractivity contribution >= 4 is 18.0 Å². The molecule has 4 rings (SSSR count).